The number of hydrogen-bond acceptors (Lipinski definition) is 2. The maximum Gasteiger partial charge on any atom is 0.0995 e. The van der Waals surface area contributed by atoms with Gasteiger partial charge in [0.2, 0.25) is 0 Å². The van der Waals surface area contributed by atoms with Crippen molar-refractivity contribution in [2.45, 2.75) is 66.0 Å². The van der Waals surface area contributed by atoms with Gasteiger partial charge in [0, 0.05) is 0 Å². The summed E-state index contributed by atoms with van der Waals surface area (Å²) in [5.41, 5.74) is 4.25. The molecule has 0 saturated heterocycles. The van der Waals surface area contributed by atoms with Crippen LogP contribution in [0.4, 0.5) is 0 Å². The Morgan fingerprint density at radius 1 is 1.00 bits per heavy atom. The summed E-state index contributed by atoms with van der Waals surface area (Å²) in [6, 6.07) is 10.6. The maximum absolute atomic E-state index is 4.71. The van der Waals surface area contributed by atoms with Gasteiger partial charge in [-0.1, -0.05) is 68.8 Å². The number of hydrogen-bond donors (Lipinski definition) is 0. The van der Waals surface area contributed by atoms with Gasteiger partial charge in [-0.25, -0.2) is 0 Å². The molecule has 0 aliphatic heterocycles. The molecule has 23 heavy (non-hydrogen) atoms. The molecule has 0 aromatic heterocycles. The predicted octanol–water partition coefficient (Wildman–Crippen LogP) is 6.67. The molecular weight excluding hydrogens is 280 g/mol. The van der Waals surface area contributed by atoms with E-state index in [2.05, 4.69) is 89.1 Å². The molecule has 0 amide bonds. The lowest BCUT2D eigenvalue weighted by atomic mass is 9.83. The standard InChI is InChI=1S/C21H30N2/c1-20(2,3)18-14-10-13-17(18)15-19(22-23-21(4,5)6)16-11-8-7-9-12-16/h7-12,14,19H,13,15H2,1-6H3. The third-order valence-electron chi connectivity index (χ3n) is 3.96. The minimum Gasteiger partial charge on any atom is -0.188 e. The molecule has 1 aromatic carbocycles. The molecule has 1 unspecified atom stereocenters. The SMILES string of the molecule is CC(C)(C)N=NC(CC1=C(C(C)(C)C)C=CC1)c1ccccc1. The minimum atomic E-state index is -0.137. The highest BCUT2D eigenvalue weighted by Crippen LogP contribution is 2.39. The molecule has 2 nitrogen and oxygen atoms in total. The normalized spacial score (nSPS) is 17.3. The molecule has 1 aliphatic rings. The Morgan fingerprint density at radius 3 is 2.22 bits per heavy atom. The molecule has 0 fully saturated rings. The first kappa shape index (κ1) is 17.7. The van der Waals surface area contributed by atoms with E-state index < -0.39 is 0 Å². The molecule has 124 valence electrons. The number of azo groups is 1. The van der Waals surface area contributed by atoms with Crippen molar-refractivity contribution >= 4 is 0 Å². The molecule has 0 saturated carbocycles. The first-order valence-electron chi connectivity index (χ1n) is 8.53. The highest BCUT2D eigenvalue weighted by Gasteiger charge is 2.24. The van der Waals surface area contributed by atoms with E-state index in [1.165, 1.54) is 16.7 Å². The number of nitrogens with zero attached hydrogens (tertiary/aromatic N) is 2. The summed E-state index contributed by atoms with van der Waals surface area (Å²) in [5, 5.41) is 9.25. The van der Waals surface area contributed by atoms with E-state index in [9.17, 15) is 0 Å². The zero-order valence-electron chi connectivity index (χ0n) is 15.4. The van der Waals surface area contributed by atoms with Gasteiger partial charge in [-0.3, -0.25) is 0 Å². The van der Waals surface area contributed by atoms with Crippen LogP contribution in [0, 0.1) is 5.41 Å². The Hall–Kier alpha value is -1.70. The van der Waals surface area contributed by atoms with E-state index in [4.69, 9.17) is 5.11 Å². The van der Waals surface area contributed by atoms with E-state index in [1.807, 2.05) is 0 Å². The van der Waals surface area contributed by atoms with Crippen molar-refractivity contribution in [3.63, 3.8) is 0 Å². The molecular formula is C21H30N2. The first-order valence-corrected chi connectivity index (χ1v) is 8.53. The van der Waals surface area contributed by atoms with Gasteiger partial charge >= 0.3 is 0 Å². The second-order valence-corrected chi connectivity index (χ2v) is 8.39. The van der Waals surface area contributed by atoms with Crippen LogP contribution < -0.4 is 0 Å². The van der Waals surface area contributed by atoms with Crippen LogP contribution in [0.1, 0.15) is 66.0 Å². The van der Waals surface area contributed by atoms with E-state index in [0.717, 1.165) is 12.8 Å². The van der Waals surface area contributed by atoms with E-state index in [0.29, 0.717) is 0 Å². The van der Waals surface area contributed by atoms with Gasteiger partial charge in [-0.05, 0) is 50.2 Å². The lowest BCUT2D eigenvalue weighted by molar-refractivity contribution is 0.495. The van der Waals surface area contributed by atoms with Crippen molar-refractivity contribution in [2.24, 2.45) is 15.6 Å². The Balaban J connectivity index is 2.31. The van der Waals surface area contributed by atoms with Crippen molar-refractivity contribution < 1.29 is 0 Å². The van der Waals surface area contributed by atoms with Crippen LogP contribution in [0.3, 0.4) is 0 Å². The molecule has 1 atom stereocenters. The van der Waals surface area contributed by atoms with Crippen LogP contribution in [0.15, 0.2) is 63.9 Å². The summed E-state index contributed by atoms with van der Waals surface area (Å²) < 4.78 is 0. The summed E-state index contributed by atoms with van der Waals surface area (Å²) >= 11 is 0. The Morgan fingerprint density at radius 2 is 1.65 bits per heavy atom. The van der Waals surface area contributed by atoms with Crippen molar-refractivity contribution in [3.8, 4) is 0 Å². The molecule has 0 heterocycles. The van der Waals surface area contributed by atoms with E-state index in [-0.39, 0.29) is 17.0 Å². The third-order valence-corrected chi connectivity index (χ3v) is 3.96. The molecule has 1 aromatic rings. The molecule has 2 rings (SSSR count). The fourth-order valence-corrected chi connectivity index (χ4v) is 2.90. The average molecular weight is 310 g/mol. The third kappa shape index (κ3) is 5.16. The lowest BCUT2D eigenvalue weighted by Crippen LogP contribution is -2.11. The summed E-state index contributed by atoms with van der Waals surface area (Å²) in [4.78, 5) is 0. The minimum absolute atomic E-state index is 0.0997. The van der Waals surface area contributed by atoms with Gasteiger partial charge in [0.15, 0.2) is 0 Å². The van der Waals surface area contributed by atoms with E-state index >= 15 is 0 Å². The average Bonchev–Trinajstić information content (AvgIpc) is 2.91. The highest BCUT2D eigenvalue weighted by molar-refractivity contribution is 5.39. The topological polar surface area (TPSA) is 24.7 Å². The van der Waals surface area contributed by atoms with Crippen LogP contribution in [0.5, 0.6) is 0 Å². The van der Waals surface area contributed by atoms with Crippen molar-refractivity contribution in [2.75, 3.05) is 0 Å². The van der Waals surface area contributed by atoms with Crippen LogP contribution in [-0.2, 0) is 0 Å². The largest absolute Gasteiger partial charge is 0.188 e. The van der Waals surface area contributed by atoms with Gasteiger partial charge in [0.25, 0.3) is 0 Å². The summed E-state index contributed by atoms with van der Waals surface area (Å²) in [6.45, 7) is 13.1. The van der Waals surface area contributed by atoms with Crippen LogP contribution >= 0.6 is 0 Å². The van der Waals surface area contributed by atoms with Crippen molar-refractivity contribution in [1.82, 2.24) is 0 Å². The van der Waals surface area contributed by atoms with E-state index in [1.54, 1.807) is 0 Å². The van der Waals surface area contributed by atoms with Crippen LogP contribution in [-0.4, -0.2) is 5.54 Å². The van der Waals surface area contributed by atoms with Crippen molar-refractivity contribution in [1.29, 1.82) is 0 Å². The van der Waals surface area contributed by atoms with Gasteiger partial charge in [-0.15, -0.1) is 0 Å². The molecule has 2 heteroatoms. The Kier molecular flexibility index (Phi) is 5.23. The van der Waals surface area contributed by atoms with Crippen molar-refractivity contribution in [3.05, 3.63) is 59.2 Å². The van der Waals surface area contributed by atoms with Gasteiger partial charge in [0.05, 0.1) is 11.6 Å². The number of benzene rings is 1. The van der Waals surface area contributed by atoms with Crippen LogP contribution in [0.25, 0.3) is 0 Å². The zero-order valence-corrected chi connectivity index (χ0v) is 15.4. The number of allylic oxidation sites excluding steroid dienone is 3. The second-order valence-electron chi connectivity index (χ2n) is 8.39. The maximum atomic E-state index is 4.71. The predicted molar refractivity (Wildman–Crippen MR) is 98.6 cm³/mol. The highest BCUT2D eigenvalue weighted by atomic mass is 15.2. The van der Waals surface area contributed by atoms with Gasteiger partial charge in [-0.2, -0.15) is 10.2 Å². The molecule has 0 bridgehead atoms. The first-order chi connectivity index (χ1) is 10.7. The van der Waals surface area contributed by atoms with Gasteiger partial charge in [0.1, 0.15) is 0 Å². The fourth-order valence-electron chi connectivity index (χ4n) is 2.90. The summed E-state index contributed by atoms with van der Waals surface area (Å²) in [7, 11) is 0. The zero-order chi connectivity index (χ0) is 17.1. The van der Waals surface area contributed by atoms with Crippen LogP contribution in [0.2, 0.25) is 0 Å². The molecule has 0 radical (unpaired) electrons. The summed E-state index contributed by atoms with van der Waals surface area (Å²) in [5.74, 6) is 0. The lowest BCUT2D eigenvalue weighted by Gasteiger charge is -2.23. The quantitative estimate of drug-likeness (QED) is 0.555. The molecule has 1 aliphatic carbocycles. The summed E-state index contributed by atoms with van der Waals surface area (Å²) in [6.07, 6.45) is 6.56. The molecule has 0 spiro atoms. The number of rotatable bonds is 4. The smallest absolute Gasteiger partial charge is 0.0995 e. The monoisotopic (exact) mass is 310 g/mol. The Labute approximate surface area is 141 Å². The second kappa shape index (κ2) is 6.82. The van der Waals surface area contributed by atoms with Gasteiger partial charge < -0.3 is 0 Å². The fraction of sp³-hybridized carbons (Fsp3) is 0.524. The molecule has 0 N–H and O–H groups in total. The Bertz CT molecular complexity index is 607.